The van der Waals surface area contributed by atoms with Crippen LogP contribution in [0, 0.1) is 0 Å². The summed E-state index contributed by atoms with van der Waals surface area (Å²) >= 11 is 6.29. The van der Waals surface area contributed by atoms with Gasteiger partial charge in [0.15, 0.2) is 29.6 Å². The number of nitrogens with one attached hydrogen (secondary N) is 3. The van der Waals surface area contributed by atoms with Gasteiger partial charge in [0.2, 0.25) is 0 Å². The number of carbonyl (C=O) groups excluding carboxylic acids is 3. The van der Waals surface area contributed by atoms with E-state index in [4.69, 9.17) is 35.3 Å². The van der Waals surface area contributed by atoms with Crippen LogP contribution in [0.4, 0.5) is 4.79 Å². The molecule has 1 aliphatic rings. The second-order valence-electron chi connectivity index (χ2n) is 10.4. The molecule has 0 saturated heterocycles. The molecular weight excluding hydrogens is 640 g/mol. The average Bonchev–Trinajstić information content (AvgIpc) is 3.07. The van der Waals surface area contributed by atoms with Crippen LogP contribution in [0.25, 0.3) is 0 Å². The van der Waals surface area contributed by atoms with E-state index in [9.17, 15) is 14.4 Å². The Balaban J connectivity index is 1.41. The summed E-state index contributed by atoms with van der Waals surface area (Å²) in [6.45, 7) is 7.21. The summed E-state index contributed by atoms with van der Waals surface area (Å²) in [4.78, 5) is 37.4. The molecule has 4 rings (SSSR count). The molecule has 0 aliphatic carbocycles. The van der Waals surface area contributed by atoms with Crippen LogP contribution in [0.3, 0.4) is 0 Å². The summed E-state index contributed by atoms with van der Waals surface area (Å²) in [5.74, 6) is 0.511. The number of esters is 1. The van der Waals surface area contributed by atoms with E-state index in [1.165, 1.54) is 20.4 Å². The molecule has 1 aliphatic heterocycles. The molecule has 12 nitrogen and oxygen atoms in total. The molecule has 48 heavy (non-hydrogen) atoms. The van der Waals surface area contributed by atoms with Crippen LogP contribution in [-0.4, -0.2) is 51.6 Å². The van der Waals surface area contributed by atoms with E-state index in [0.29, 0.717) is 39.8 Å². The molecule has 13 heteroatoms. The quantitative estimate of drug-likeness (QED) is 0.0842. The highest BCUT2D eigenvalue weighted by Gasteiger charge is 2.32. The minimum Gasteiger partial charge on any atom is -0.493 e. The number of amides is 3. The van der Waals surface area contributed by atoms with Crippen LogP contribution in [0.1, 0.15) is 42.1 Å². The molecule has 1 heterocycles. The second kappa shape index (κ2) is 16.9. The fourth-order valence-electron chi connectivity index (χ4n) is 4.91. The zero-order valence-corrected chi connectivity index (χ0v) is 27.8. The fourth-order valence-corrected chi connectivity index (χ4v) is 5.10. The van der Waals surface area contributed by atoms with E-state index in [-0.39, 0.29) is 36.9 Å². The first kappa shape index (κ1) is 35.4. The van der Waals surface area contributed by atoms with Crippen molar-refractivity contribution in [3.8, 4) is 23.0 Å². The van der Waals surface area contributed by atoms with Crippen molar-refractivity contribution in [2.24, 2.45) is 5.10 Å². The first-order chi connectivity index (χ1) is 23.2. The van der Waals surface area contributed by atoms with Gasteiger partial charge in [0.25, 0.3) is 5.91 Å². The number of halogens is 1. The summed E-state index contributed by atoms with van der Waals surface area (Å²) in [6.07, 6.45) is 3.72. The first-order valence-electron chi connectivity index (χ1n) is 14.9. The van der Waals surface area contributed by atoms with E-state index < -0.39 is 23.9 Å². The predicted octanol–water partition coefficient (Wildman–Crippen LogP) is 5.38. The van der Waals surface area contributed by atoms with E-state index in [1.54, 1.807) is 50.3 Å². The Bertz CT molecular complexity index is 1740. The van der Waals surface area contributed by atoms with Crippen molar-refractivity contribution in [3.63, 3.8) is 0 Å². The largest absolute Gasteiger partial charge is 0.493 e. The van der Waals surface area contributed by atoms with E-state index in [2.05, 4.69) is 27.7 Å². The smallest absolute Gasteiger partial charge is 0.338 e. The lowest BCUT2D eigenvalue weighted by Crippen LogP contribution is -2.45. The standard InChI is InChI=1S/C35H37ClN4O8/c1-6-10-24-15-22(16-29(45-5)33(24)48-19-25-11-8-9-12-26(25)36)18-37-40-30(41)20-47-27-14-13-23(17-28(27)44-4)32-31(34(42)46-7-2)21(3)38-35(43)39-32/h6,8-9,11-18,32H,1,7,10,19-20H2,2-5H3,(H,40,41)(H2,38,39,43)/b37-18-/t32-/m1/s1. The van der Waals surface area contributed by atoms with Crippen LogP contribution in [-0.2, 0) is 27.4 Å². The maximum atomic E-state index is 12.7. The van der Waals surface area contributed by atoms with Crippen molar-refractivity contribution in [1.82, 2.24) is 16.1 Å². The Hall–Kier alpha value is -5.49. The van der Waals surface area contributed by atoms with Crippen LogP contribution in [0.15, 0.2) is 83.6 Å². The number of ether oxygens (including phenoxy) is 5. The van der Waals surface area contributed by atoms with Gasteiger partial charge in [0.1, 0.15) is 6.61 Å². The maximum Gasteiger partial charge on any atom is 0.338 e. The Kier molecular flexibility index (Phi) is 12.4. The number of urea groups is 1. The highest BCUT2D eigenvalue weighted by molar-refractivity contribution is 6.31. The van der Waals surface area contributed by atoms with Gasteiger partial charge in [-0.1, -0.05) is 41.9 Å². The number of hydrogen-bond donors (Lipinski definition) is 3. The summed E-state index contributed by atoms with van der Waals surface area (Å²) in [5.41, 5.74) is 5.94. The highest BCUT2D eigenvalue weighted by Crippen LogP contribution is 2.36. The third-order valence-electron chi connectivity index (χ3n) is 7.12. The molecule has 252 valence electrons. The zero-order chi connectivity index (χ0) is 34.6. The zero-order valence-electron chi connectivity index (χ0n) is 27.1. The molecule has 3 amide bonds. The molecule has 0 fully saturated rings. The molecule has 0 bridgehead atoms. The van der Waals surface area contributed by atoms with Crippen LogP contribution in [0.2, 0.25) is 5.02 Å². The Morgan fingerprint density at radius 3 is 2.50 bits per heavy atom. The molecule has 0 saturated carbocycles. The third-order valence-corrected chi connectivity index (χ3v) is 7.48. The molecule has 0 aromatic heterocycles. The van der Waals surface area contributed by atoms with Gasteiger partial charge >= 0.3 is 12.0 Å². The number of allylic oxidation sites excluding steroid dienone is 2. The molecule has 1 atom stereocenters. The molecule has 3 N–H and O–H groups in total. The fraction of sp³-hybridized carbons (Fsp3) is 0.257. The average molecular weight is 677 g/mol. The van der Waals surface area contributed by atoms with Crippen molar-refractivity contribution in [1.29, 1.82) is 0 Å². The van der Waals surface area contributed by atoms with E-state index in [0.717, 1.165) is 11.1 Å². The second-order valence-corrected chi connectivity index (χ2v) is 10.8. The van der Waals surface area contributed by atoms with Gasteiger partial charge in [-0.3, -0.25) is 4.79 Å². The minimum absolute atomic E-state index is 0.176. The summed E-state index contributed by atoms with van der Waals surface area (Å²) in [5, 5.41) is 10.00. The Labute approximate surface area is 283 Å². The van der Waals surface area contributed by atoms with Crippen molar-refractivity contribution in [2.45, 2.75) is 32.9 Å². The van der Waals surface area contributed by atoms with Crippen molar-refractivity contribution >= 4 is 35.7 Å². The SMILES string of the molecule is C=CCc1cc(/C=N\NC(=O)COc2ccc([C@H]3NC(=O)NC(C)=C3C(=O)OCC)cc2OC)cc(OC)c1OCc1ccccc1Cl. The molecule has 0 spiro atoms. The summed E-state index contributed by atoms with van der Waals surface area (Å²) < 4.78 is 28.0. The topological polar surface area (TPSA) is 146 Å². The van der Waals surface area contributed by atoms with Gasteiger partial charge < -0.3 is 34.3 Å². The van der Waals surface area contributed by atoms with Gasteiger partial charge in [-0.2, -0.15) is 5.10 Å². The number of hydrogen-bond acceptors (Lipinski definition) is 9. The van der Waals surface area contributed by atoms with Gasteiger partial charge in [-0.15, -0.1) is 6.58 Å². The minimum atomic E-state index is -0.785. The number of benzene rings is 3. The lowest BCUT2D eigenvalue weighted by molar-refractivity contribution is -0.139. The van der Waals surface area contributed by atoms with Crippen LogP contribution >= 0.6 is 11.6 Å². The number of rotatable bonds is 15. The summed E-state index contributed by atoms with van der Waals surface area (Å²) in [7, 11) is 2.97. The first-order valence-corrected chi connectivity index (χ1v) is 15.3. The molecule has 3 aromatic carbocycles. The molecule has 0 unspecified atom stereocenters. The van der Waals surface area contributed by atoms with Crippen molar-refractivity contribution < 1.29 is 38.1 Å². The maximum absolute atomic E-state index is 12.7. The van der Waals surface area contributed by atoms with Gasteiger partial charge in [0.05, 0.1) is 38.7 Å². The molecule has 0 radical (unpaired) electrons. The van der Waals surface area contributed by atoms with Gasteiger partial charge in [-0.05, 0) is 61.7 Å². The summed E-state index contributed by atoms with van der Waals surface area (Å²) in [6, 6.07) is 14.6. The normalized spacial score (nSPS) is 14.1. The lowest BCUT2D eigenvalue weighted by atomic mass is 9.95. The highest BCUT2D eigenvalue weighted by atomic mass is 35.5. The van der Waals surface area contributed by atoms with Crippen LogP contribution < -0.4 is 35.0 Å². The predicted molar refractivity (Wildman–Crippen MR) is 181 cm³/mol. The number of methoxy groups -OCH3 is 2. The monoisotopic (exact) mass is 676 g/mol. The van der Waals surface area contributed by atoms with Gasteiger partial charge in [-0.25, -0.2) is 15.0 Å². The van der Waals surface area contributed by atoms with Crippen molar-refractivity contribution in [3.05, 3.63) is 106 Å². The number of carbonyl (C=O) groups is 3. The number of nitrogens with zero attached hydrogens (tertiary/aromatic N) is 1. The van der Waals surface area contributed by atoms with E-state index >= 15 is 0 Å². The van der Waals surface area contributed by atoms with Crippen molar-refractivity contribution in [2.75, 3.05) is 27.4 Å². The third kappa shape index (κ3) is 8.85. The van der Waals surface area contributed by atoms with E-state index in [1.807, 2.05) is 24.3 Å². The van der Waals surface area contributed by atoms with Crippen LogP contribution in [0.5, 0.6) is 23.0 Å². The molecular formula is C35H37ClN4O8. The molecule has 3 aromatic rings. The lowest BCUT2D eigenvalue weighted by Gasteiger charge is -2.28. The Morgan fingerprint density at radius 1 is 1.02 bits per heavy atom. The number of hydrazone groups is 1. The Morgan fingerprint density at radius 2 is 1.79 bits per heavy atom. The van der Waals surface area contributed by atoms with Gasteiger partial charge in [0, 0.05) is 21.8 Å².